The highest BCUT2D eigenvalue weighted by molar-refractivity contribution is 7.22. The molecule has 2 aromatic carbocycles. The molecule has 0 radical (unpaired) electrons. The number of hydrogen-bond acceptors (Lipinski definition) is 6. The Morgan fingerprint density at radius 2 is 1.83 bits per heavy atom. The van der Waals surface area contributed by atoms with Crippen LogP contribution in [0.4, 0.5) is 5.13 Å². The summed E-state index contributed by atoms with van der Waals surface area (Å²) in [5.41, 5.74) is 7.23. The van der Waals surface area contributed by atoms with Crippen LogP contribution in [0.2, 0.25) is 0 Å². The molecule has 1 saturated heterocycles. The van der Waals surface area contributed by atoms with E-state index >= 15 is 0 Å². The fourth-order valence-electron chi connectivity index (χ4n) is 3.55. The second-order valence-corrected chi connectivity index (χ2v) is 8.09. The Balaban J connectivity index is 1.46. The van der Waals surface area contributed by atoms with Crippen LogP contribution < -0.4 is 5.73 Å². The van der Waals surface area contributed by atoms with E-state index in [4.69, 9.17) is 5.73 Å². The van der Waals surface area contributed by atoms with Gasteiger partial charge < -0.3 is 15.5 Å². The third kappa shape index (κ3) is 3.71. The third-order valence-electron chi connectivity index (χ3n) is 5.06. The van der Waals surface area contributed by atoms with Crippen molar-refractivity contribution >= 4 is 44.3 Å². The molecule has 0 aliphatic carbocycles. The van der Waals surface area contributed by atoms with Crippen LogP contribution in [0, 0.1) is 0 Å². The maximum Gasteiger partial charge on any atom is 0.295 e. The average Bonchev–Trinajstić information content (AvgIpc) is 3.12. The molecule has 2 N–H and O–H groups in total. The molecule has 8 heteroatoms. The van der Waals surface area contributed by atoms with E-state index in [0.29, 0.717) is 41.4 Å². The van der Waals surface area contributed by atoms with E-state index in [2.05, 4.69) is 4.98 Å². The topological polar surface area (TPSA) is 96.6 Å². The molecule has 2 heterocycles. The van der Waals surface area contributed by atoms with Gasteiger partial charge in [-0.2, -0.15) is 0 Å². The van der Waals surface area contributed by atoms with Gasteiger partial charge in [-0.3, -0.25) is 14.4 Å². The molecule has 0 saturated carbocycles. The number of nitrogens with two attached hydrogens (primary N) is 1. The summed E-state index contributed by atoms with van der Waals surface area (Å²) in [6, 6.07) is 13.8. The van der Waals surface area contributed by atoms with E-state index in [0.717, 1.165) is 4.70 Å². The van der Waals surface area contributed by atoms with E-state index in [-0.39, 0.29) is 11.9 Å². The van der Waals surface area contributed by atoms with Crippen LogP contribution in [0.3, 0.4) is 0 Å². The number of piperazine rings is 1. The van der Waals surface area contributed by atoms with Crippen molar-refractivity contribution in [3.8, 4) is 0 Å². The lowest BCUT2D eigenvalue weighted by molar-refractivity contribution is -0.130. The highest BCUT2D eigenvalue weighted by Gasteiger charge is 2.33. The largest absolute Gasteiger partial charge is 0.375 e. The Bertz CT molecular complexity index is 1100. The van der Waals surface area contributed by atoms with E-state index in [1.54, 1.807) is 35.2 Å². The molecule has 148 valence electrons. The van der Waals surface area contributed by atoms with Crippen LogP contribution in [0.1, 0.15) is 27.6 Å². The van der Waals surface area contributed by atoms with Gasteiger partial charge in [0.15, 0.2) is 5.13 Å². The number of benzene rings is 2. The van der Waals surface area contributed by atoms with Crippen molar-refractivity contribution in [1.29, 1.82) is 0 Å². The number of rotatable bonds is 3. The molecular weight excluding hydrogens is 388 g/mol. The van der Waals surface area contributed by atoms with Crippen molar-refractivity contribution in [2.45, 2.75) is 13.0 Å². The van der Waals surface area contributed by atoms with Gasteiger partial charge in [0.05, 0.1) is 10.2 Å². The summed E-state index contributed by atoms with van der Waals surface area (Å²) in [5.74, 6) is -1.21. The number of nitrogen functional groups attached to an aromatic ring is 1. The number of amides is 2. The first-order chi connectivity index (χ1) is 13.9. The van der Waals surface area contributed by atoms with Crippen molar-refractivity contribution in [2.75, 3.05) is 25.4 Å². The lowest BCUT2D eigenvalue weighted by Gasteiger charge is -2.39. The first-order valence-electron chi connectivity index (χ1n) is 9.29. The molecule has 29 heavy (non-hydrogen) atoms. The lowest BCUT2D eigenvalue weighted by Crippen LogP contribution is -2.56. The van der Waals surface area contributed by atoms with Crippen molar-refractivity contribution in [3.05, 3.63) is 59.7 Å². The van der Waals surface area contributed by atoms with Crippen molar-refractivity contribution in [2.24, 2.45) is 0 Å². The molecule has 2 amide bonds. The van der Waals surface area contributed by atoms with E-state index < -0.39 is 11.7 Å². The number of hydrogen-bond donors (Lipinski definition) is 1. The molecule has 1 fully saturated rings. The minimum atomic E-state index is -0.576. The van der Waals surface area contributed by atoms with Gasteiger partial charge in [0.2, 0.25) is 5.78 Å². The second-order valence-electron chi connectivity index (χ2n) is 7.03. The van der Waals surface area contributed by atoms with Gasteiger partial charge in [-0.15, -0.1) is 0 Å². The zero-order chi connectivity index (χ0) is 20.5. The van der Waals surface area contributed by atoms with Crippen molar-refractivity contribution in [1.82, 2.24) is 14.8 Å². The molecule has 1 atom stereocenters. The molecule has 1 aromatic heterocycles. The van der Waals surface area contributed by atoms with Crippen LogP contribution in [0.15, 0.2) is 48.5 Å². The molecule has 0 unspecified atom stereocenters. The number of aromatic nitrogens is 1. The number of carbonyl (C=O) groups is 3. The number of thiazole rings is 1. The molecule has 0 spiro atoms. The summed E-state index contributed by atoms with van der Waals surface area (Å²) >= 11 is 1.33. The zero-order valence-corrected chi connectivity index (χ0v) is 16.7. The molecule has 7 nitrogen and oxygen atoms in total. The monoisotopic (exact) mass is 408 g/mol. The Hall–Kier alpha value is -3.26. The Labute approximate surface area is 171 Å². The quantitative estimate of drug-likeness (QED) is 0.530. The maximum atomic E-state index is 12.8. The molecule has 4 rings (SSSR count). The van der Waals surface area contributed by atoms with Gasteiger partial charge in [-0.05, 0) is 37.3 Å². The van der Waals surface area contributed by atoms with Crippen LogP contribution >= 0.6 is 11.3 Å². The van der Waals surface area contributed by atoms with Crippen molar-refractivity contribution < 1.29 is 14.4 Å². The maximum absolute atomic E-state index is 12.8. The molecule has 1 aliphatic heterocycles. The third-order valence-corrected chi connectivity index (χ3v) is 5.92. The molecule has 1 aliphatic rings. The van der Waals surface area contributed by atoms with Crippen LogP contribution in [-0.4, -0.2) is 58.1 Å². The number of Topliss-reactive ketones (excluding diaryl/α,β-unsaturated/α-hetero) is 1. The van der Waals surface area contributed by atoms with Crippen LogP contribution in [0.5, 0.6) is 0 Å². The Kier molecular flexibility index (Phi) is 5.02. The van der Waals surface area contributed by atoms with Gasteiger partial charge in [-0.25, -0.2) is 4.98 Å². The fraction of sp³-hybridized carbons (Fsp3) is 0.238. The first kappa shape index (κ1) is 19.1. The van der Waals surface area contributed by atoms with Crippen molar-refractivity contribution in [3.63, 3.8) is 0 Å². The number of anilines is 1. The summed E-state index contributed by atoms with van der Waals surface area (Å²) in [6.07, 6.45) is 0. The minimum absolute atomic E-state index is 0.0672. The Morgan fingerprint density at radius 3 is 2.55 bits per heavy atom. The smallest absolute Gasteiger partial charge is 0.295 e. The summed E-state index contributed by atoms with van der Waals surface area (Å²) < 4.78 is 0.868. The minimum Gasteiger partial charge on any atom is -0.375 e. The standard InChI is InChI=1S/C21H20N4O3S/c1-13-12-24(19(27)14-5-3-2-4-6-14)9-10-25(13)20(28)18(26)15-7-8-17-16(11-15)23-21(22)29-17/h2-8,11,13H,9-10,12H2,1H3,(H2,22,23)/t13-/m1/s1. The summed E-state index contributed by atoms with van der Waals surface area (Å²) in [5, 5.41) is 0.420. The zero-order valence-electron chi connectivity index (χ0n) is 15.9. The van der Waals surface area contributed by atoms with E-state index in [9.17, 15) is 14.4 Å². The van der Waals surface area contributed by atoms with Crippen LogP contribution in [-0.2, 0) is 4.79 Å². The lowest BCUT2D eigenvalue weighted by atomic mass is 10.1. The van der Waals surface area contributed by atoms with Gasteiger partial charge in [-0.1, -0.05) is 29.5 Å². The van der Waals surface area contributed by atoms with Gasteiger partial charge >= 0.3 is 0 Å². The fourth-order valence-corrected chi connectivity index (χ4v) is 4.26. The highest BCUT2D eigenvalue weighted by atomic mass is 32.1. The normalized spacial score (nSPS) is 16.8. The predicted molar refractivity (Wildman–Crippen MR) is 112 cm³/mol. The van der Waals surface area contributed by atoms with Gasteiger partial charge in [0.25, 0.3) is 11.8 Å². The number of ketones is 1. The Morgan fingerprint density at radius 1 is 1.07 bits per heavy atom. The first-order valence-corrected chi connectivity index (χ1v) is 10.1. The summed E-state index contributed by atoms with van der Waals surface area (Å²) in [4.78, 5) is 45.7. The van der Waals surface area contributed by atoms with Crippen LogP contribution in [0.25, 0.3) is 10.2 Å². The second kappa shape index (κ2) is 7.63. The number of carbonyl (C=O) groups excluding carboxylic acids is 3. The van der Waals surface area contributed by atoms with Gasteiger partial charge in [0, 0.05) is 36.8 Å². The van der Waals surface area contributed by atoms with Gasteiger partial charge in [0.1, 0.15) is 0 Å². The summed E-state index contributed by atoms with van der Waals surface area (Å²) in [7, 11) is 0. The molecular formula is C21H20N4O3S. The summed E-state index contributed by atoms with van der Waals surface area (Å²) in [6.45, 7) is 2.93. The molecule has 3 aromatic rings. The highest BCUT2D eigenvalue weighted by Crippen LogP contribution is 2.25. The predicted octanol–water partition coefficient (Wildman–Crippen LogP) is 2.43. The average molecular weight is 408 g/mol. The number of fused-ring (bicyclic) bond motifs is 1. The van der Waals surface area contributed by atoms with E-state index in [1.807, 2.05) is 25.1 Å². The molecule has 0 bridgehead atoms. The van der Waals surface area contributed by atoms with E-state index in [1.165, 1.54) is 16.2 Å². The number of nitrogens with zero attached hydrogens (tertiary/aromatic N) is 3. The SMILES string of the molecule is C[C@@H]1CN(C(=O)c2ccccc2)CCN1C(=O)C(=O)c1ccc2sc(N)nc2c1.